The van der Waals surface area contributed by atoms with E-state index in [1.54, 1.807) is 0 Å². The van der Waals surface area contributed by atoms with Crippen LogP contribution in [-0.4, -0.2) is 41.6 Å². The van der Waals surface area contributed by atoms with Gasteiger partial charge < -0.3 is 14.9 Å². The summed E-state index contributed by atoms with van der Waals surface area (Å²) in [6.45, 7) is -1.03. The standard InChI is InChI=1S/C5H8F2O3/c6-1-2-3(7)4(8)5(9)10-2/h2-5,8-9H,1H2/t2-,3+,4-,5?/m1/s1. The van der Waals surface area contributed by atoms with Crippen molar-refractivity contribution >= 4 is 0 Å². The van der Waals surface area contributed by atoms with Crippen LogP contribution >= 0.6 is 0 Å². The Morgan fingerprint density at radius 3 is 2.20 bits per heavy atom. The predicted molar refractivity (Wildman–Crippen MR) is 27.8 cm³/mol. The minimum absolute atomic E-state index is 1.03. The van der Waals surface area contributed by atoms with E-state index < -0.39 is 31.3 Å². The molecule has 1 aliphatic heterocycles. The molecule has 4 atom stereocenters. The molecule has 0 bridgehead atoms. The van der Waals surface area contributed by atoms with Gasteiger partial charge in [-0.05, 0) is 0 Å². The topological polar surface area (TPSA) is 49.7 Å². The summed E-state index contributed by atoms with van der Waals surface area (Å²) >= 11 is 0. The van der Waals surface area contributed by atoms with Crippen molar-refractivity contribution < 1.29 is 23.7 Å². The maximum Gasteiger partial charge on any atom is 0.184 e. The first-order chi connectivity index (χ1) is 4.66. The maximum atomic E-state index is 12.5. The lowest BCUT2D eigenvalue weighted by Gasteiger charge is -2.05. The first kappa shape index (κ1) is 7.84. The smallest absolute Gasteiger partial charge is 0.184 e. The molecule has 10 heavy (non-hydrogen) atoms. The largest absolute Gasteiger partial charge is 0.385 e. The molecule has 0 aliphatic carbocycles. The van der Waals surface area contributed by atoms with E-state index in [2.05, 4.69) is 4.74 Å². The quantitative estimate of drug-likeness (QED) is 0.528. The molecule has 3 nitrogen and oxygen atoms in total. The van der Waals surface area contributed by atoms with Gasteiger partial charge in [0.25, 0.3) is 0 Å². The molecule has 2 N–H and O–H groups in total. The zero-order valence-corrected chi connectivity index (χ0v) is 5.08. The summed E-state index contributed by atoms with van der Waals surface area (Å²) in [5.74, 6) is 0. The Morgan fingerprint density at radius 2 is 2.00 bits per heavy atom. The van der Waals surface area contributed by atoms with Crippen LogP contribution in [-0.2, 0) is 4.74 Å². The van der Waals surface area contributed by atoms with Gasteiger partial charge >= 0.3 is 0 Å². The summed E-state index contributed by atoms with van der Waals surface area (Å²) in [6, 6.07) is 0. The predicted octanol–water partition coefficient (Wildman–Crippen LogP) is -0.628. The first-order valence-corrected chi connectivity index (χ1v) is 2.88. The van der Waals surface area contributed by atoms with Gasteiger partial charge in [-0.2, -0.15) is 0 Å². The minimum Gasteiger partial charge on any atom is -0.385 e. The summed E-state index contributed by atoms with van der Waals surface area (Å²) in [5, 5.41) is 17.2. The van der Waals surface area contributed by atoms with Crippen LogP contribution in [0.3, 0.4) is 0 Å². The third kappa shape index (κ3) is 1.12. The second-order valence-corrected chi connectivity index (χ2v) is 2.15. The summed E-state index contributed by atoms with van der Waals surface area (Å²) in [5.41, 5.74) is 0. The Balaban J connectivity index is 2.53. The minimum atomic E-state index is -1.82. The van der Waals surface area contributed by atoms with E-state index >= 15 is 0 Å². The van der Waals surface area contributed by atoms with Gasteiger partial charge in [-0.15, -0.1) is 0 Å². The van der Waals surface area contributed by atoms with Crippen LogP contribution in [0.1, 0.15) is 0 Å². The van der Waals surface area contributed by atoms with Gasteiger partial charge in [0.05, 0.1) is 0 Å². The Kier molecular flexibility index (Phi) is 2.18. The van der Waals surface area contributed by atoms with Crippen LogP contribution in [0.25, 0.3) is 0 Å². The molecule has 0 radical (unpaired) electrons. The monoisotopic (exact) mass is 154 g/mol. The molecule has 0 saturated carbocycles. The molecule has 60 valence electrons. The molecule has 0 aromatic rings. The fraction of sp³-hybridized carbons (Fsp3) is 1.00. The molecule has 1 unspecified atom stereocenters. The second kappa shape index (κ2) is 2.77. The van der Waals surface area contributed by atoms with Gasteiger partial charge in [-0.1, -0.05) is 0 Å². The molecular weight excluding hydrogens is 146 g/mol. The first-order valence-electron chi connectivity index (χ1n) is 2.88. The van der Waals surface area contributed by atoms with Crippen molar-refractivity contribution in [3.05, 3.63) is 0 Å². The highest BCUT2D eigenvalue weighted by Crippen LogP contribution is 2.22. The van der Waals surface area contributed by atoms with Crippen molar-refractivity contribution in [2.24, 2.45) is 0 Å². The zero-order chi connectivity index (χ0) is 7.72. The maximum absolute atomic E-state index is 12.5. The molecule has 5 heteroatoms. The summed E-state index contributed by atoms with van der Waals surface area (Å²) < 4.78 is 28.5. The Hall–Kier alpha value is -0.260. The van der Waals surface area contributed by atoms with Gasteiger partial charge in [-0.3, -0.25) is 0 Å². The normalized spacial score (nSPS) is 48.0. The Bertz CT molecular complexity index is 121. The lowest BCUT2D eigenvalue weighted by Crippen LogP contribution is -2.29. The van der Waals surface area contributed by atoms with Crippen LogP contribution in [0, 0.1) is 0 Å². The van der Waals surface area contributed by atoms with Crippen molar-refractivity contribution in [1.29, 1.82) is 0 Å². The Labute approximate surface area is 56.2 Å². The van der Waals surface area contributed by atoms with Crippen LogP contribution < -0.4 is 0 Å². The van der Waals surface area contributed by atoms with Crippen molar-refractivity contribution in [3.8, 4) is 0 Å². The lowest BCUT2D eigenvalue weighted by molar-refractivity contribution is -0.129. The van der Waals surface area contributed by atoms with Crippen LogP contribution in [0.15, 0.2) is 0 Å². The van der Waals surface area contributed by atoms with Gasteiger partial charge in [0.15, 0.2) is 12.5 Å². The van der Waals surface area contributed by atoms with Gasteiger partial charge in [-0.25, -0.2) is 8.78 Å². The van der Waals surface area contributed by atoms with Crippen LogP contribution in [0.5, 0.6) is 0 Å². The highest BCUT2D eigenvalue weighted by Gasteiger charge is 2.43. The number of ether oxygens (including phenoxy) is 1. The molecule has 1 heterocycles. The van der Waals surface area contributed by atoms with E-state index in [0.29, 0.717) is 0 Å². The van der Waals surface area contributed by atoms with E-state index in [4.69, 9.17) is 10.2 Å². The molecule has 1 rings (SSSR count). The van der Waals surface area contributed by atoms with E-state index in [1.165, 1.54) is 0 Å². The molecule has 1 fully saturated rings. The molecule has 0 aromatic carbocycles. The van der Waals surface area contributed by atoms with Crippen molar-refractivity contribution in [2.75, 3.05) is 6.67 Å². The summed E-state index contributed by atoms with van der Waals surface area (Å²) in [4.78, 5) is 0. The van der Waals surface area contributed by atoms with Gasteiger partial charge in [0.2, 0.25) is 0 Å². The third-order valence-electron chi connectivity index (χ3n) is 1.44. The Morgan fingerprint density at radius 1 is 1.40 bits per heavy atom. The number of aliphatic hydroxyl groups excluding tert-OH is 2. The van der Waals surface area contributed by atoms with Crippen LogP contribution in [0.4, 0.5) is 8.78 Å². The van der Waals surface area contributed by atoms with Crippen molar-refractivity contribution in [3.63, 3.8) is 0 Å². The van der Waals surface area contributed by atoms with E-state index in [1.807, 2.05) is 0 Å². The number of hydrogen-bond donors (Lipinski definition) is 2. The zero-order valence-electron chi connectivity index (χ0n) is 5.08. The highest BCUT2D eigenvalue weighted by molar-refractivity contribution is 4.85. The summed E-state index contributed by atoms with van der Waals surface area (Å²) in [7, 11) is 0. The number of hydrogen-bond acceptors (Lipinski definition) is 3. The molecular formula is C5H8F2O3. The fourth-order valence-electron chi connectivity index (χ4n) is 0.833. The lowest BCUT2D eigenvalue weighted by atomic mass is 10.2. The van der Waals surface area contributed by atoms with Gasteiger partial charge in [0.1, 0.15) is 18.9 Å². The molecule has 0 aromatic heterocycles. The number of aliphatic hydroxyl groups is 2. The number of halogens is 2. The van der Waals surface area contributed by atoms with Crippen molar-refractivity contribution in [1.82, 2.24) is 0 Å². The third-order valence-corrected chi connectivity index (χ3v) is 1.44. The SMILES string of the molecule is OC1O[C@H](CF)[C@H](F)[C@H]1O. The number of alkyl halides is 2. The van der Waals surface area contributed by atoms with E-state index in [9.17, 15) is 8.78 Å². The molecule has 0 spiro atoms. The molecule has 1 saturated heterocycles. The van der Waals surface area contributed by atoms with E-state index in [0.717, 1.165) is 0 Å². The van der Waals surface area contributed by atoms with E-state index in [-0.39, 0.29) is 0 Å². The van der Waals surface area contributed by atoms with Crippen LogP contribution in [0.2, 0.25) is 0 Å². The molecule has 0 amide bonds. The second-order valence-electron chi connectivity index (χ2n) is 2.15. The molecule has 1 aliphatic rings. The fourth-order valence-corrected chi connectivity index (χ4v) is 0.833. The van der Waals surface area contributed by atoms with Gasteiger partial charge in [0, 0.05) is 0 Å². The summed E-state index contributed by atoms with van der Waals surface area (Å²) in [6.07, 6.45) is -6.33. The number of rotatable bonds is 1. The average Bonchev–Trinajstić information content (AvgIpc) is 2.17. The highest BCUT2D eigenvalue weighted by atomic mass is 19.1. The average molecular weight is 154 g/mol. The van der Waals surface area contributed by atoms with Crippen molar-refractivity contribution in [2.45, 2.75) is 24.7 Å².